The van der Waals surface area contributed by atoms with Crippen molar-refractivity contribution < 1.29 is 31.9 Å². The molecule has 0 aliphatic carbocycles. The number of nitrogens with one attached hydrogen (secondary N) is 2. The SMILES string of the molecule is CCC(NC(=O)NC1SCC(=O)N1c1ccc(F)cc1C(C)C)c1ccc(-c2ncn(-c3ccc(OC(F)(F)F)cc3)n2)cc1. The molecule has 0 saturated carbocycles. The third kappa shape index (κ3) is 7.56. The van der Waals surface area contributed by atoms with Gasteiger partial charge < -0.3 is 15.4 Å². The molecule has 0 radical (unpaired) electrons. The van der Waals surface area contributed by atoms with E-state index in [1.807, 2.05) is 45.0 Å². The molecule has 1 fully saturated rings. The number of urea groups is 1. The van der Waals surface area contributed by atoms with E-state index in [1.54, 1.807) is 6.07 Å². The highest BCUT2D eigenvalue weighted by Crippen LogP contribution is 2.35. The number of anilines is 1. The van der Waals surface area contributed by atoms with Gasteiger partial charge in [0.2, 0.25) is 5.91 Å². The molecule has 1 aliphatic heterocycles. The van der Waals surface area contributed by atoms with E-state index in [0.717, 1.165) is 5.56 Å². The number of carbonyl (C=O) groups excluding carboxylic acids is 2. The summed E-state index contributed by atoms with van der Waals surface area (Å²) in [6.07, 6.45) is -2.73. The van der Waals surface area contributed by atoms with Gasteiger partial charge in [0, 0.05) is 5.56 Å². The standard InChI is InChI=1S/C31H30F4N6O3S/c1-4-25(37-29(43)38-30-41(27(42)16-45-30)26-14-9-21(32)15-24(26)18(2)3)19-5-7-20(8-6-19)28-36-17-40(39-28)22-10-12-23(13-11-22)44-31(33,34)35/h5-15,17-18,25,30H,4,16H2,1-3H3,(H2,37,38,43). The maximum Gasteiger partial charge on any atom is 0.573 e. The van der Waals surface area contributed by atoms with Crippen molar-refractivity contribution in [3.63, 3.8) is 0 Å². The third-order valence-electron chi connectivity index (χ3n) is 7.11. The molecule has 2 heterocycles. The Morgan fingerprint density at radius 2 is 1.80 bits per heavy atom. The average molecular weight is 643 g/mol. The van der Waals surface area contributed by atoms with Gasteiger partial charge in [-0.3, -0.25) is 9.69 Å². The smallest absolute Gasteiger partial charge is 0.406 e. The van der Waals surface area contributed by atoms with Crippen molar-refractivity contribution in [1.82, 2.24) is 25.4 Å². The second-order valence-electron chi connectivity index (χ2n) is 10.5. The summed E-state index contributed by atoms with van der Waals surface area (Å²) in [6, 6.07) is 16.1. The Balaban J connectivity index is 1.24. The minimum atomic E-state index is -4.77. The first kappa shape index (κ1) is 31.8. The highest BCUT2D eigenvalue weighted by molar-refractivity contribution is 8.01. The summed E-state index contributed by atoms with van der Waals surface area (Å²) in [4.78, 5) is 31.7. The molecular formula is C31H30F4N6O3S. The summed E-state index contributed by atoms with van der Waals surface area (Å²) >= 11 is 1.28. The monoisotopic (exact) mass is 642 g/mol. The molecule has 1 aliphatic rings. The molecule has 5 rings (SSSR count). The van der Waals surface area contributed by atoms with Crippen LogP contribution in [0.3, 0.4) is 0 Å². The zero-order chi connectivity index (χ0) is 32.3. The Hall–Kier alpha value is -4.59. The molecule has 3 aromatic carbocycles. The van der Waals surface area contributed by atoms with Crippen LogP contribution in [0.4, 0.5) is 28.0 Å². The van der Waals surface area contributed by atoms with Crippen molar-refractivity contribution in [2.75, 3.05) is 10.7 Å². The average Bonchev–Trinajstić information content (AvgIpc) is 3.63. The largest absolute Gasteiger partial charge is 0.573 e. The number of hydrogen-bond donors (Lipinski definition) is 2. The molecule has 2 N–H and O–H groups in total. The molecule has 1 saturated heterocycles. The highest BCUT2D eigenvalue weighted by atomic mass is 32.2. The molecule has 0 bridgehead atoms. The lowest BCUT2D eigenvalue weighted by Gasteiger charge is -2.28. The Morgan fingerprint density at radius 1 is 1.09 bits per heavy atom. The number of thioether (sulfide) groups is 1. The summed E-state index contributed by atoms with van der Waals surface area (Å²) < 4.78 is 56.6. The third-order valence-corrected chi connectivity index (χ3v) is 8.16. The minimum absolute atomic E-state index is 0.0340. The predicted octanol–water partition coefficient (Wildman–Crippen LogP) is 6.91. The molecule has 14 heteroatoms. The Morgan fingerprint density at radius 3 is 2.44 bits per heavy atom. The first-order valence-corrected chi connectivity index (χ1v) is 15.1. The van der Waals surface area contributed by atoms with Crippen LogP contribution in [0.1, 0.15) is 50.3 Å². The molecule has 1 aromatic heterocycles. The van der Waals surface area contributed by atoms with Gasteiger partial charge in [0.05, 0.1) is 23.2 Å². The molecule has 236 valence electrons. The Bertz CT molecular complexity index is 1660. The van der Waals surface area contributed by atoms with E-state index >= 15 is 0 Å². The summed E-state index contributed by atoms with van der Waals surface area (Å²) in [5, 5.41) is 10.3. The lowest BCUT2D eigenvalue weighted by Crippen LogP contribution is -2.49. The van der Waals surface area contributed by atoms with E-state index < -0.39 is 23.7 Å². The van der Waals surface area contributed by atoms with E-state index in [0.29, 0.717) is 34.7 Å². The number of nitrogens with zero attached hydrogens (tertiary/aromatic N) is 4. The van der Waals surface area contributed by atoms with Crippen molar-refractivity contribution >= 4 is 29.4 Å². The van der Waals surface area contributed by atoms with E-state index in [2.05, 4.69) is 25.5 Å². The number of rotatable bonds is 9. The van der Waals surface area contributed by atoms with Gasteiger partial charge in [-0.15, -0.1) is 30.0 Å². The number of amides is 3. The van der Waals surface area contributed by atoms with Crippen molar-refractivity contribution in [2.45, 2.75) is 51.0 Å². The van der Waals surface area contributed by atoms with Gasteiger partial charge in [0.1, 0.15) is 17.9 Å². The lowest BCUT2D eigenvalue weighted by atomic mass is 10.00. The van der Waals surface area contributed by atoms with Crippen LogP contribution in [0.15, 0.2) is 73.1 Å². The normalized spacial score (nSPS) is 15.8. The number of ether oxygens (including phenoxy) is 1. The molecule has 3 amide bonds. The number of benzene rings is 3. The van der Waals surface area contributed by atoms with E-state index in [4.69, 9.17) is 0 Å². The van der Waals surface area contributed by atoms with Gasteiger partial charge in [-0.2, -0.15) is 0 Å². The van der Waals surface area contributed by atoms with Gasteiger partial charge in [0.25, 0.3) is 0 Å². The molecular weight excluding hydrogens is 612 g/mol. The molecule has 0 spiro atoms. The van der Waals surface area contributed by atoms with Crippen LogP contribution in [0, 0.1) is 5.82 Å². The van der Waals surface area contributed by atoms with Crippen molar-refractivity contribution in [1.29, 1.82) is 0 Å². The van der Waals surface area contributed by atoms with Gasteiger partial charge in [-0.25, -0.2) is 18.9 Å². The quantitative estimate of drug-likeness (QED) is 0.193. The van der Waals surface area contributed by atoms with E-state index in [9.17, 15) is 27.2 Å². The summed E-state index contributed by atoms with van der Waals surface area (Å²) in [6.45, 7) is 5.76. The van der Waals surface area contributed by atoms with Crippen LogP contribution < -0.4 is 20.3 Å². The van der Waals surface area contributed by atoms with Crippen LogP contribution in [0.25, 0.3) is 17.1 Å². The summed E-state index contributed by atoms with van der Waals surface area (Å²) in [7, 11) is 0. The van der Waals surface area contributed by atoms with Gasteiger partial charge in [0.15, 0.2) is 11.3 Å². The summed E-state index contributed by atoms with van der Waals surface area (Å²) in [5.41, 5.74) is 2.63. The first-order chi connectivity index (χ1) is 21.4. The maximum absolute atomic E-state index is 14.0. The molecule has 9 nitrogen and oxygen atoms in total. The van der Waals surface area contributed by atoms with Crippen LogP contribution in [0.2, 0.25) is 0 Å². The molecule has 4 aromatic rings. The van der Waals surface area contributed by atoms with Crippen molar-refractivity contribution in [3.8, 4) is 22.8 Å². The second-order valence-corrected chi connectivity index (χ2v) is 11.6. The topological polar surface area (TPSA) is 101 Å². The Labute approximate surface area is 261 Å². The van der Waals surface area contributed by atoms with Gasteiger partial charge in [-0.1, -0.05) is 45.0 Å². The number of halogens is 4. The fourth-order valence-electron chi connectivity index (χ4n) is 4.92. The fraction of sp³-hybridized carbons (Fsp3) is 0.290. The summed E-state index contributed by atoms with van der Waals surface area (Å²) in [5.74, 6) is -0.354. The molecule has 45 heavy (non-hydrogen) atoms. The van der Waals surface area contributed by atoms with Crippen LogP contribution in [-0.2, 0) is 4.79 Å². The maximum atomic E-state index is 14.0. The number of alkyl halides is 3. The first-order valence-electron chi connectivity index (χ1n) is 14.1. The number of aromatic nitrogens is 3. The van der Waals surface area contributed by atoms with Gasteiger partial charge >= 0.3 is 12.4 Å². The predicted molar refractivity (Wildman–Crippen MR) is 162 cm³/mol. The highest BCUT2D eigenvalue weighted by Gasteiger charge is 2.36. The molecule has 2 unspecified atom stereocenters. The van der Waals surface area contributed by atoms with Crippen LogP contribution in [-0.4, -0.2) is 44.3 Å². The van der Waals surface area contributed by atoms with Crippen LogP contribution >= 0.6 is 11.8 Å². The fourth-order valence-corrected chi connectivity index (χ4v) is 5.93. The zero-order valence-electron chi connectivity index (χ0n) is 24.5. The minimum Gasteiger partial charge on any atom is -0.406 e. The van der Waals surface area contributed by atoms with Crippen molar-refractivity contribution in [3.05, 3.63) is 90.0 Å². The van der Waals surface area contributed by atoms with Crippen molar-refractivity contribution in [2.24, 2.45) is 0 Å². The lowest BCUT2D eigenvalue weighted by molar-refractivity contribution is -0.274. The second kappa shape index (κ2) is 13.2. The molecule has 2 atom stereocenters. The van der Waals surface area contributed by atoms with E-state index in [-0.39, 0.29) is 29.4 Å². The Kier molecular flexibility index (Phi) is 9.32. The van der Waals surface area contributed by atoms with E-state index in [1.165, 1.54) is 64.1 Å². The van der Waals surface area contributed by atoms with Crippen LogP contribution in [0.5, 0.6) is 5.75 Å². The number of hydrogen-bond acceptors (Lipinski definition) is 6. The zero-order valence-corrected chi connectivity index (χ0v) is 25.3. The van der Waals surface area contributed by atoms with Gasteiger partial charge in [-0.05, 0) is 65.9 Å². The number of carbonyl (C=O) groups is 2.